The van der Waals surface area contributed by atoms with Crippen LogP contribution in [-0.2, 0) is 19.6 Å². The average molecular weight is 377 g/mol. The van der Waals surface area contributed by atoms with Gasteiger partial charge in [0.1, 0.15) is 5.82 Å². The van der Waals surface area contributed by atoms with Crippen LogP contribution in [0.25, 0.3) is 0 Å². The third kappa shape index (κ3) is 6.65. The quantitative estimate of drug-likeness (QED) is 0.570. The van der Waals surface area contributed by atoms with Gasteiger partial charge >= 0.3 is 0 Å². The first-order valence-electron chi connectivity index (χ1n) is 8.66. The van der Waals surface area contributed by atoms with E-state index in [1.807, 2.05) is 56.3 Å². The number of guanidine groups is 1. The molecule has 0 saturated carbocycles. The third-order valence-corrected chi connectivity index (χ3v) is 3.99. The van der Waals surface area contributed by atoms with Crippen molar-refractivity contribution in [1.82, 2.24) is 15.5 Å². The van der Waals surface area contributed by atoms with Gasteiger partial charge in [-0.1, -0.05) is 29.8 Å². The molecule has 0 radical (unpaired) electrons. The average Bonchev–Trinajstić information content (AvgIpc) is 2.61. The van der Waals surface area contributed by atoms with E-state index in [9.17, 15) is 4.39 Å². The number of hydrogen-bond acceptors (Lipinski definition) is 2. The molecule has 2 aromatic carbocycles. The maximum Gasteiger partial charge on any atom is 0.191 e. The zero-order valence-electron chi connectivity index (χ0n) is 15.5. The summed E-state index contributed by atoms with van der Waals surface area (Å²) in [7, 11) is 3.85. The summed E-state index contributed by atoms with van der Waals surface area (Å²) >= 11 is 5.91. The molecule has 140 valence electrons. The van der Waals surface area contributed by atoms with Gasteiger partial charge in [0.05, 0.1) is 6.54 Å². The predicted octanol–water partition coefficient (Wildman–Crippen LogP) is 3.80. The van der Waals surface area contributed by atoms with E-state index in [2.05, 4.69) is 15.6 Å². The van der Waals surface area contributed by atoms with Gasteiger partial charge in [-0.25, -0.2) is 9.38 Å². The predicted molar refractivity (Wildman–Crippen MR) is 107 cm³/mol. The van der Waals surface area contributed by atoms with Crippen LogP contribution in [0.3, 0.4) is 0 Å². The summed E-state index contributed by atoms with van der Waals surface area (Å²) < 4.78 is 13.9. The Hall–Kier alpha value is -2.11. The lowest BCUT2D eigenvalue weighted by Gasteiger charge is -2.13. The molecule has 0 aliphatic carbocycles. The molecule has 2 rings (SSSR count). The number of hydrogen-bond donors (Lipinski definition) is 2. The van der Waals surface area contributed by atoms with Gasteiger partial charge in [0.25, 0.3) is 0 Å². The minimum absolute atomic E-state index is 0.181. The summed E-state index contributed by atoms with van der Waals surface area (Å²) in [6.45, 7) is 4.49. The fraction of sp³-hybridized carbons (Fsp3) is 0.350. The molecule has 4 nitrogen and oxygen atoms in total. The number of halogens is 2. The lowest BCUT2D eigenvalue weighted by Crippen LogP contribution is -2.36. The second-order valence-corrected chi connectivity index (χ2v) is 6.78. The minimum Gasteiger partial charge on any atom is -0.357 e. The summed E-state index contributed by atoms with van der Waals surface area (Å²) in [6.07, 6.45) is 0. The molecule has 0 saturated heterocycles. The molecule has 0 aromatic heterocycles. The van der Waals surface area contributed by atoms with Crippen LogP contribution in [0.1, 0.15) is 23.6 Å². The van der Waals surface area contributed by atoms with Crippen LogP contribution in [0.4, 0.5) is 4.39 Å². The van der Waals surface area contributed by atoms with Crippen LogP contribution in [0.2, 0.25) is 5.02 Å². The molecule has 2 N–H and O–H groups in total. The van der Waals surface area contributed by atoms with Crippen molar-refractivity contribution in [2.24, 2.45) is 4.99 Å². The van der Waals surface area contributed by atoms with E-state index in [4.69, 9.17) is 11.6 Å². The topological polar surface area (TPSA) is 39.7 Å². The number of rotatable bonds is 7. The van der Waals surface area contributed by atoms with Crippen molar-refractivity contribution in [2.45, 2.75) is 26.6 Å². The Morgan fingerprint density at radius 3 is 2.42 bits per heavy atom. The van der Waals surface area contributed by atoms with Crippen molar-refractivity contribution < 1.29 is 4.39 Å². The Balaban J connectivity index is 2.02. The molecule has 26 heavy (non-hydrogen) atoms. The monoisotopic (exact) mass is 376 g/mol. The first-order chi connectivity index (χ1) is 12.5. The number of nitrogens with zero attached hydrogens (tertiary/aromatic N) is 2. The zero-order chi connectivity index (χ0) is 18.9. The highest BCUT2D eigenvalue weighted by atomic mass is 35.5. The first-order valence-corrected chi connectivity index (χ1v) is 9.04. The van der Waals surface area contributed by atoms with Crippen LogP contribution in [0, 0.1) is 5.82 Å². The summed E-state index contributed by atoms with van der Waals surface area (Å²) in [5.74, 6) is 0.542. The summed E-state index contributed by atoms with van der Waals surface area (Å²) in [5.41, 5.74) is 2.78. The summed E-state index contributed by atoms with van der Waals surface area (Å²) in [5, 5.41) is 7.24. The second-order valence-electron chi connectivity index (χ2n) is 6.34. The van der Waals surface area contributed by atoms with E-state index in [0.29, 0.717) is 25.2 Å². The Bertz CT molecular complexity index is 729. The SMILES string of the molecule is CCNC(=NCc1ccc(F)c(CN(C)C)c1)NCc1ccc(Cl)cc1. The van der Waals surface area contributed by atoms with Crippen LogP contribution < -0.4 is 10.6 Å². The van der Waals surface area contributed by atoms with Crippen molar-refractivity contribution in [2.75, 3.05) is 20.6 Å². The minimum atomic E-state index is -0.181. The van der Waals surface area contributed by atoms with Gasteiger partial charge in [-0.3, -0.25) is 0 Å². The van der Waals surface area contributed by atoms with Gasteiger partial charge < -0.3 is 15.5 Å². The molecule has 6 heteroatoms. The zero-order valence-corrected chi connectivity index (χ0v) is 16.3. The molecule has 0 aliphatic rings. The number of nitrogens with one attached hydrogen (secondary N) is 2. The van der Waals surface area contributed by atoms with Crippen LogP contribution in [0.15, 0.2) is 47.5 Å². The van der Waals surface area contributed by atoms with Gasteiger partial charge in [-0.05, 0) is 56.4 Å². The molecular weight excluding hydrogens is 351 g/mol. The van der Waals surface area contributed by atoms with E-state index in [1.165, 1.54) is 6.07 Å². The number of benzene rings is 2. The maximum atomic E-state index is 13.9. The Kier molecular flexibility index (Phi) is 7.88. The van der Waals surface area contributed by atoms with Crippen LogP contribution >= 0.6 is 11.6 Å². The summed E-state index contributed by atoms with van der Waals surface area (Å²) in [6, 6.07) is 12.9. The highest BCUT2D eigenvalue weighted by molar-refractivity contribution is 6.30. The standard InChI is InChI=1S/C20H26ClFN4/c1-4-23-20(24-12-15-5-8-18(21)9-6-15)25-13-16-7-10-19(22)17(11-16)14-26(2)3/h5-11H,4,12-14H2,1-3H3,(H2,23,24,25). The molecule has 0 spiro atoms. The van der Waals surface area contributed by atoms with E-state index >= 15 is 0 Å². The van der Waals surface area contributed by atoms with Gasteiger partial charge in [0.15, 0.2) is 5.96 Å². The third-order valence-electron chi connectivity index (χ3n) is 3.73. The Morgan fingerprint density at radius 2 is 1.77 bits per heavy atom. The van der Waals surface area contributed by atoms with Crippen molar-refractivity contribution in [3.63, 3.8) is 0 Å². The van der Waals surface area contributed by atoms with Crippen LogP contribution in [-0.4, -0.2) is 31.5 Å². The smallest absolute Gasteiger partial charge is 0.191 e. The Morgan fingerprint density at radius 1 is 1.08 bits per heavy atom. The maximum absolute atomic E-state index is 13.9. The molecule has 0 amide bonds. The van der Waals surface area contributed by atoms with Crippen LogP contribution in [0.5, 0.6) is 0 Å². The van der Waals surface area contributed by atoms with E-state index in [-0.39, 0.29) is 5.82 Å². The first kappa shape index (κ1) is 20.2. The normalized spacial score (nSPS) is 11.7. The van der Waals surface area contributed by atoms with Gasteiger partial charge in [0.2, 0.25) is 0 Å². The molecule has 0 atom stereocenters. The van der Waals surface area contributed by atoms with Gasteiger partial charge in [-0.15, -0.1) is 0 Å². The molecule has 0 unspecified atom stereocenters. The van der Waals surface area contributed by atoms with Crippen molar-refractivity contribution in [3.05, 3.63) is 70.0 Å². The highest BCUT2D eigenvalue weighted by Gasteiger charge is 2.05. The lowest BCUT2D eigenvalue weighted by molar-refractivity contribution is 0.392. The molecule has 0 aliphatic heterocycles. The lowest BCUT2D eigenvalue weighted by atomic mass is 10.1. The Labute approximate surface area is 160 Å². The van der Waals surface area contributed by atoms with E-state index in [1.54, 1.807) is 6.07 Å². The molecule has 0 fully saturated rings. The molecule has 0 heterocycles. The molecular formula is C20H26ClFN4. The van der Waals surface area contributed by atoms with E-state index < -0.39 is 0 Å². The van der Waals surface area contributed by atoms with E-state index in [0.717, 1.165) is 28.7 Å². The van der Waals surface area contributed by atoms with Gasteiger partial charge in [0, 0.05) is 30.2 Å². The largest absolute Gasteiger partial charge is 0.357 e. The fourth-order valence-corrected chi connectivity index (χ4v) is 2.61. The molecule has 0 bridgehead atoms. The highest BCUT2D eigenvalue weighted by Crippen LogP contribution is 2.13. The fourth-order valence-electron chi connectivity index (χ4n) is 2.49. The van der Waals surface area contributed by atoms with Crippen molar-refractivity contribution >= 4 is 17.6 Å². The summed E-state index contributed by atoms with van der Waals surface area (Å²) in [4.78, 5) is 6.55. The molecule has 2 aromatic rings. The van der Waals surface area contributed by atoms with Gasteiger partial charge in [-0.2, -0.15) is 0 Å². The number of aliphatic imine (C=N–C) groups is 1. The second kappa shape index (κ2) is 10.1. The van der Waals surface area contributed by atoms with Crippen molar-refractivity contribution in [1.29, 1.82) is 0 Å². The van der Waals surface area contributed by atoms with Crippen molar-refractivity contribution in [3.8, 4) is 0 Å².